The number of carbonyl (C=O) groups excluding carboxylic acids is 1. The van der Waals surface area contributed by atoms with Gasteiger partial charge in [-0.3, -0.25) is 9.93 Å². The summed E-state index contributed by atoms with van der Waals surface area (Å²) in [5.74, 6) is 1.03. The van der Waals surface area contributed by atoms with Gasteiger partial charge in [0.15, 0.2) is 0 Å². The fourth-order valence-corrected chi connectivity index (χ4v) is 1.53. The van der Waals surface area contributed by atoms with Crippen LogP contribution < -0.4 is 10.5 Å². The van der Waals surface area contributed by atoms with Crippen LogP contribution in [0.5, 0.6) is 0 Å². The minimum Gasteiger partial charge on any atom is -0.355 e. The van der Waals surface area contributed by atoms with E-state index in [1.165, 1.54) is 11.0 Å². The van der Waals surface area contributed by atoms with E-state index in [9.17, 15) is 4.79 Å². The lowest BCUT2D eigenvalue weighted by molar-refractivity contribution is -0.121. The van der Waals surface area contributed by atoms with E-state index in [1.807, 2.05) is 0 Å². The zero-order chi connectivity index (χ0) is 9.23. The van der Waals surface area contributed by atoms with Gasteiger partial charge in [-0.1, -0.05) is 24.1 Å². The molecule has 0 heterocycles. The van der Waals surface area contributed by atoms with Gasteiger partial charge >= 0.3 is 0 Å². The molecule has 0 aliphatic heterocycles. The Hall–Kier alpha value is 0.130. The van der Waals surface area contributed by atoms with Crippen LogP contribution in [-0.2, 0) is 4.79 Å². The first-order valence-electron chi connectivity index (χ1n) is 4.06. The van der Waals surface area contributed by atoms with E-state index >= 15 is 0 Å². The molecule has 0 aromatic rings. The number of hydrogen-bond acceptors (Lipinski definition) is 4. The molecule has 12 heavy (non-hydrogen) atoms. The van der Waals surface area contributed by atoms with Gasteiger partial charge < -0.3 is 5.32 Å². The number of rotatable bonds is 7. The van der Waals surface area contributed by atoms with Crippen LogP contribution in [-0.4, -0.2) is 18.2 Å². The quantitative estimate of drug-likeness (QED) is 0.379. The number of nitrogens with two attached hydrogens (primary N) is 1. The van der Waals surface area contributed by atoms with Crippen LogP contribution in [0.15, 0.2) is 0 Å². The molecule has 0 rings (SSSR count). The van der Waals surface area contributed by atoms with E-state index < -0.39 is 0 Å². The molecule has 0 aliphatic rings. The first-order chi connectivity index (χ1) is 5.81. The largest absolute Gasteiger partial charge is 0.355 e. The molecule has 0 saturated heterocycles. The van der Waals surface area contributed by atoms with E-state index in [0.29, 0.717) is 6.42 Å². The average Bonchev–Trinajstić information content (AvgIpc) is 2.09. The maximum absolute atomic E-state index is 11.0. The van der Waals surface area contributed by atoms with Crippen LogP contribution in [0.25, 0.3) is 0 Å². The highest BCUT2D eigenvalue weighted by molar-refractivity contribution is 8.75. The third-order valence-electron chi connectivity index (χ3n) is 1.33. The lowest BCUT2D eigenvalue weighted by Gasteiger charge is -2.02. The van der Waals surface area contributed by atoms with Crippen molar-refractivity contribution in [3.63, 3.8) is 0 Å². The molecular weight excluding hydrogens is 192 g/mol. The molecule has 0 fully saturated rings. The molecule has 0 unspecified atom stereocenters. The lowest BCUT2D eigenvalue weighted by atomic mass is 10.2. The fraction of sp³-hybridized carbons (Fsp3) is 0.857. The zero-order valence-corrected chi connectivity index (χ0v) is 8.97. The molecule has 0 saturated carbocycles. The second-order valence-electron chi connectivity index (χ2n) is 2.37. The van der Waals surface area contributed by atoms with Crippen molar-refractivity contribution in [1.29, 1.82) is 0 Å². The number of nitrogens with one attached hydrogen (secondary N) is 1. The maximum Gasteiger partial charge on any atom is 0.220 e. The van der Waals surface area contributed by atoms with Gasteiger partial charge in [-0.05, 0) is 17.4 Å². The van der Waals surface area contributed by atoms with E-state index in [-0.39, 0.29) is 5.91 Å². The first-order valence-corrected chi connectivity index (χ1v) is 6.44. The van der Waals surface area contributed by atoms with Crippen molar-refractivity contribution in [3.8, 4) is 0 Å². The predicted molar refractivity (Wildman–Crippen MR) is 56.8 cm³/mol. The van der Waals surface area contributed by atoms with Gasteiger partial charge in [0.25, 0.3) is 0 Å². The topological polar surface area (TPSA) is 55.1 Å². The minimum atomic E-state index is 0.152. The van der Waals surface area contributed by atoms with Crippen molar-refractivity contribution in [1.82, 2.24) is 5.32 Å². The second kappa shape index (κ2) is 9.22. The molecule has 3 N–H and O–H groups in total. The lowest BCUT2D eigenvalue weighted by Crippen LogP contribution is -2.25. The van der Waals surface area contributed by atoms with Gasteiger partial charge in [0, 0.05) is 18.7 Å². The van der Waals surface area contributed by atoms with Gasteiger partial charge in [0.2, 0.25) is 5.91 Å². The Kier molecular flexibility index (Phi) is 9.32. The van der Waals surface area contributed by atoms with Crippen LogP contribution in [0.4, 0.5) is 0 Å². The normalized spacial score (nSPS) is 9.83. The van der Waals surface area contributed by atoms with Crippen molar-refractivity contribution in [2.24, 2.45) is 5.14 Å². The molecule has 0 atom stereocenters. The monoisotopic (exact) mass is 208 g/mol. The summed E-state index contributed by atoms with van der Waals surface area (Å²) in [6.07, 6.45) is 2.70. The van der Waals surface area contributed by atoms with Gasteiger partial charge in [-0.2, -0.15) is 0 Å². The van der Waals surface area contributed by atoms with Crippen molar-refractivity contribution < 1.29 is 4.79 Å². The summed E-state index contributed by atoms with van der Waals surface area (Å²) in [7, 11) is 2.79. The highest BCUT2D eigenvalue weighted by Gasteiger charge is 1.97. The van der Waals surface area contributed by atoms with Gasteiger partial charge in [-0.15, -0.1) is 0 Å². The van der Waals surface area contributed by atoms with Crippen LogP contribution in [0.2, 0.25) is 0 Å². The van der Waals surface area contributed by atoms with E-state index in [0.717, 1.165) is 25.1 Å². The molecule has 0 spiro atoms. The molecule has 72 valence electrons. The Bertz CT molecular complexity index is 122. The molecule has 3 nitrogen and oxygen atoms in total. The number of hydrogen-bond donors (Lipinski definition) is 2. The molecule has 0 aromatic heterocycles. The third-order valence-corrected chi connectivity index (χ3v) is 2.75. The standard InChI is InChI=1S/C7H16N2OS2/c1-2-3-4-7(10)9-5-6-11-12-8/h2-6,8H2,1H3,(H,9,10). The van der Waals surface area contributed by atoms with E-state index in [2.05, 4.69) is 12.2 Å². The molecule has 0 aliphatic carbocycles. The summed E-state index contributed by atoms with van der Waals surface area (Å²) in [6, 6.07) is 0. The van der Waals surface area contributed by atoms with Crippen LogP contribution >= 0.6 is 21.8 Å². The van der Waals surface area contributed by atoms with E-state index in [4.69, 9.17) is 5.14 Å². The van der Waals surface area contributed by atoms with Crippen molar-refractivity contribution >= 4 is 27.7 Å². The maximum atomic E-state index is 11.0. The Labute approximate surface area is 81.8 Å². The fourth-order valence-electron chi connectivity index (χ4n) is 0.706. The Balaban J connectivity index is 3.08. The third kappa shape index (κ3) is 8.23. The summed E-state index contributed by atoms with van der Waals surface area (Å²) < 4.78 is 0. The SMILES string of the molecule is CCCCC(=O)NCCSSN. The molecule has 0 aromatic carbocycles. The molecular formula is C7H16N2OS2. The summed E-state index contributed by atoms with van der Waals surface area (Å²) in [5.41, 5.74) is 0. The van der Waals surface area contributed by atoms with Crippen molar-refractivity contribution in [2.45, 2.75) is 26.2 Å². The van der Waals surface area contributed by atoms with Crippen LogP contribution in [0.1, 0.15) is 26.2 Å². The van der Waals surface area contributed by atoms with E-state index in [1.54, 1.807) is 10.8 Å². The Morgan fingerprint density at radius 3 is 2.92 bits per heavy atom. The highest BCUT2D eigenvalue weighted by atomic mass is 33.1. The van der Waals surface area contributed by atoms with Crippen LogP contribution in [0.3, 0.4) is 0 Å². The summed E-state index contributed by atoms with van der Waals surface area (Å²) in [4.78, 5) is 11.0. The molecule has 0 radical (unpaired) electrons. The number of unbranched alkanes of at least 4 members (excludes halogenated alkanes) is 1. The highest BCUT2D eigenvalue weighted by Crippen LogP contribution is 2.10. The molecule has 5 heteroatoms. The van der Waals surface area contributed by atoms with Crippen LogP contribution in [0, 0.1) is 0 Å². The van der Waals surface area contributed by atoms with Gasteiger partial charge in [-0.25, -0.2) is 0 Å². The summed E-state index contributed by atoms with van der Waals surface area (Å²) in [6.45, 7) is 2.80. The molecule has 1 amide bonds. The second-order valence-corrected chi connectivity index (χ2v) is 4.49. The van der Waals surface area contributed by atoms with Gasteiger partial charge in [0.1, 0.15) is 0 Å². The predicted octanol–water partition coefficient (Wildman–Crippen LogP) is 1.55. The first kappa shape index (κ1) is 12.1. The minimum absolute atomic E-state index is 0.152. The summed E-state index contributed by atoms with van der Waals surface area (Å²) in [5, 5.41) is 8.02. The van der Waals surface area contributed by atoms with Crippen molar-refractivity contribution in [3.05, 3.63) is 0 Å². The number of carbonyl (C=O) groups is 1. The average molecular weight is 208 g/mol. The van der Waals surface area contributed by atoms with Gasteiger partial charge in [0.05, 0.1) is 0 Å². The zero-order valence-electron chi connectivity index (χ0n) is 7.34. The Morgan fingerprint density at radius 2 is 2.33 bits per heavy atom. The Morgan fingerprint density at radius 1 is 1.58 bits per heavy atom. The van der Waals surface area contributed by atoms with Crippen molar-refractivity contribution in [2.75, 3.05) is 12.3 Å². The summed E-state index contributed by atoms with van der Waals surface area (Å²) >= 11 is 0. The smallest absolute Gasteiger partial charge is 0.220 e. The molecule has 0 bridgehead atoms. The number of amides is 1.